The molecule has 2 rings (SSSR count). The van der Waals surface area contributed by atoms with Gasteiger partial charge in [0, 0.05) is 18.6 Å². The zero-order chi connectivity index (χ0) is 15.3. The number of furan rings is 1. The quantitative estimate of drug-likeness (QED) is 0.875. The molecule has 21 heavy (non-hydrogen) atoms. The van der Waals surface area contributed by atoms with Gasteiger partial charge in [-0.15, -0.1) is 0 Å². The summed E-state index contributed by atoms with van der Waals surface area (Å²) >= 11 is 0. The second-order valence-corrected chi connectivity index (χ2v) is 6.68. The predicted molar refractivity (Wildman–Crippen MR) is 86.9 cm³/mol. The normalized spacial score (nSPS) is 12.0. The molecule has 0 aliphatic heterocycles. The van der Waals surface area contributed by atoms with Crippen molar-refractivity contribution in [2.75, 3.05) is 7.05 Å². The summed E-state index contributed by atoms with van der Waals surface area (Å²) in [7, 11) is 2.11. The van der Waals surface area contributed by atoms with Crippen molar-refractivity contribution < 1.29 is 4.42 Å². The van der Waals surface area contributed by atoms with Crippen LogP contribution in [0.1, 0.15) is 37.7 Å². The third-order valence-corrected chi connectivity index (χ3v) is 3.27. The van der Waals surface area contributed by atoms with E-state index in [4.69, 9.17) is 4.42 Å². The summed E-state index contributed by atoms with van der Waals surface area (Å²) in [6.07, 6.45) is 1.72. The Bertz CT molecular complexity index is 541. The standard InChI is InChI=1S/C18H26N2O/c1-18(2,3)19-12-15-7-5-8-16(11-15)13-20(4)14-17-9-6-10-21-17/h5-11,19H,12-14H2,1-4H3. The molecule has 1 N–H and O–H groups in total. The highest BCUT2D eigenvalue weighted by molar-refractivity contribution is 5.23. The average Bonchev–Trinajstić information content (AvgIpc) is 2.88. The molecule has 114 valence electrons. The Labute approximate surface area is 128 Å². The van der Waals surface area contributed by atoms with Crippen molar-refractivity contribution in [3.63, 3.8) is 0 Å². The van der Waals surface area contributed by atoms with E-state index in [0.717, 1.165) is 25.4 Å². The van der Waals surface area contributed by atoms with Crippen LogP contribution in [-0.2, 0) is 19.6 Å². The monoisotopic (exact) mass is 286 g/mol. The topological polar surface area (TPSA) is 28.4 Å². The zero-order valence-electron chi connectivity index (χ0n) is 13.5. The third kappa shape index (κ3) is 5.74. The van der Waals surface area contributed by atoms with Crippen LogP contribution in [0.25, 0.3) is 0 Å². The van der Waals surface area contributed by atoms with Crippen molar-refractivity contribution >= 4 is 0 Å². The van der Waals surface area contributed by atoms with Gasteiger partial charge in [-0.05, 0) is 51.1 Å². The molecule has 0 atom stereocenters. The van der Waals surface area contributed by atoms with E-state index in [1.165, 1.54) is 11.1 Å². The van der Waals surface area contributed by atoms with Gasteiger partial charge in [0.15, 0.2) is 0 Å². The van der Waals surface area contributed by atoms with Gasteiger partial charge in [0.1, 0.15) is 5.76 Å². The maximum Gasteiger partial charge on any atom is 0.117 e. The summed E-state index contributed by atoms with van der Waals surface area (Å²) in [6.45, 7) is 9.22. The summed E-state index contributed by atoms with van der Waals surface area (Å²) in [4.78, 5) is 2.26. The number of hydrogen-bond acceptors (Lipinski definition) is 3. The average molecular weight is 286 g/mol. The Morgan fingerprint density at radius 2 is 1.81 bits per heavy atom. The van der Waals surface area contributed by atoms with Crippen LogP contribution in [0.2, 0.25) is 0 Å². The van der Waals surface area contributed by atoms with Crippen molar-refractivity contribution in [2.24, 2.45) is 0 Å². The summed E-state index contributed by atoms with van der Waals surface area (Å²) in [5.74, 6) is 1.00. The molecule has 0 amide bonds. The Kier molecular flexibility index (Phi) is 5.21. The van der Waals surface area contributed by atoms with Crippen LogP contribution in [0.5, 0.6) is 0 Å². The molecule has 0 unspecified atom stereocenters. The number of hydrogen-bond donors (Lipinski definition) is 1. The van der Waals surface area contributed by atoms with E-state index in [0.29, 0.717) is 0 Å². The number of benzene rings is 1. The number of rotatable bonds is 6. The first-order chi connectivity index (χ1) is 9.92. The number of nitrogens with zero attached hydrogens (tertiary/aromatic N) is 1. The van der Waals surface area contributed by atoms with E-state index in [2.05, 4.69) is 62.3 Å². The van der Waals surface area contributed by atoms with Gasteiger partial charge in [-0.1, -0.05) is 24.3 Å². The Hall–Kier alpha value is -1.58. The highest BCUT2D eigenvalue weighted by Crippen LogP contribution is 2.11. The lowest BCUT2D eigenvalue weighted by molar-refractivity contribution is 0.287. The van der Waals surface area contributed by atoms with Crippen molar-refractivity contribution in [3.8, 4) is 0 Å². The maximum absolute atomic E-state index is 5.39. The first-order valence-electron chi connectivity index (χ1n) is 7.46. The van der Waals surface area contributed by atoms with Crippen LogP contribution < -0.4 is 5.32 Å². The molecule has 0 aliphatic carbocycles. The predicted octanol–water partition coefficient (Wildman–Crippen LogP) is 3.80. The maximum atomic E-state index is 5.39. The van der Waals surface area contributed by atoms with Crippen LogP contribution in [0.4, 0.5) is 0 Å². The molecule has 0 spiro atoms. The molecule has 0 saturated carbocycles. The van der Waals surface area contributed by atoms with Gasteiger partial charge in [0.05, 0.1) is 12.8 Å². The fourth-order valence-electron chi connectivity index (χ4n) is 2.24. The first kappa shape index (κ1) is 15.8. The van der Waals surface area contributed by atoms with Gasteiger partial charge in [-0.25, -0.2) is 0 Å². The lowest BCUT2D eigenvalue weighted by Crippen LogP contribution is -2.35. The highest BCUT2D eigenvalue weighted by atomic mass is 16.3. The molecule has 3 heteroatoms. The van der Waals surface area contributed by atoms with E-state index in [1.807, 2.05) is 12.1 Å². The van der Waals surface area contributed by atoms with Crippen LogP contribution in [0.3, 0.4) is 0 Å². The van der Waals surface area contributed by atoms with Crippen molar-refractivity contribution in [1.29, 1.82) is 0 Å². The van der Waals surface area contributed by atoms with E-state index in [-0.39, 0.29) is 5.54 Å². The minimum Gasteiger partial charge on any atom is -0.468 e. The van der Waals surface area contributed by atoms with Crippen LogP contribution in [0.15, 0.2) is 47.1 Å². The molecule has 1 heterocycles. The molecule has 2 aromatic rings. The molecule has 0 saturated heterocycles. The minimum absolute atomic E-state index is 0.145. The van der Waals surface area contributed by atoms with Gasteiger partial charge in [0.2, 0.25) is 0 Å². The Balaban J connectivity index is 1.91. The van der Waals surface area contributed by atoms with E-state index in [1.54, 1.807) is 6.26 Å². The van der Waals surface area contributed by atoms with Crippen LogP contribution in [-0.4, -0.2) is 17.5 Å². The first-order valence-corrected chi connectivity index (χ1v) is 7.46. The molecule has 0 aliphatic rings. The Morgan fingerprint density at radius 1 is 1.05 bits per heavy atom. The van der Waals surface area contributed by atoms with Crippen molar-refractivity contribution in [1.82, 2.24) is 10.2 Å². The Morgan fingerprint density at radius 3 is 2.48 bits per heavy atom. The molecular weight excluding hydrogens is 260 g/mol. The minimum atomic E-state index is 0.145. The largest absolute Gasteiger partial charge is 0.468 e. The second-order valence-electron chi connectivity index (χ2n) is 6.68. The van der Waals surface area contributed by atoms with Gasteiger partial charge >= 0.3 is 0 Å². The van der Waals surface area contributed by atoms with E-state index in [9.17, 15) is 0 Å². The molecule has 1 aromatic heterocycles. The van der Waals surface area contributed by atoms with Crippen molar-refractivity contribution in [3.05, 3.63) is 59.5 Å². The van der Waals surface area contributed by atoms with Gasteiger partial charge in [0.25, 0.3) is 0 Å². The van der Waals surface area contributed by atoms with E-state index >= 15 is 0 Å². The summed E-state index contributed by atoms with van der Waals surface area (Å²) in [6, 6.07) is 12.7. The lowest BCUT2D eigenvalue weighted by Gasteiger charge is -2.21. The van der Waals surface area contributed by atoms with Crippen LogP contribution >= 0.6 is 0 Å². The molecule has 0 radical (unpaired) electrons. The molecule has 1 aromatic carbocycles. The van der Waals surface area contributed by atoms with Gasteiger partial charge in [-0.3, -0.25) is 4.90 Å². The second kappa shape index (κ2) is 6.92. The highest BCUT2D eigenvalue weighted by Gasteiger charge is 2.09. The SMILES string of the molecule is CN(Cc1cccc(CNC(C)(C)C)c1)Cc1ccco1. The molecule has 0 fully saturated rings. The fourth-order valence-corrected chi connectivity index (χ4v) is 2.24. The van der Waals surface area contributed by atoms with Gasteiger partial charge in [-0.2, -0.15) is 0 Å². The smallest absolute Gasteiger partial charge is 0.117 e. The lowest BCUT2D eigenvalue weighted by atomic mass is 10.1. The zero-order valence-corrected chi connectivity index (χ0v) is 13.5. The fraction of sp³-hybridized carbons (Fsp3) is 0.444. The summed E-state index contributed by atoms with van der Waals surface area (Å²) in [5.41, 5.74) is 2.80. The summed E-state index contributed by atoms with van der Waals surface area (Å²) < 4.78 is 5.39. The summed E-state index contributed by atoms with van der Waals surface area (Å²) in [5, 5.41) is 3.53. The molecular formula is C18H26N2O. The third-order valence-electron chi connectivity index (χ3n) is 3.27. The molecule has 0 bridgehead atoms. The van der Waals surface area contributed by atoms with E-state index < -0.39 is 0 Å². The van der Waals surface area contributed by atoms with Gasteiger partial charge < -0.3 is 9.73 Å². The number of nitrogens with one attached hydrogen (secondary N) is 1. The molecule has 3 nitrogen and oxygen atoms in total. The van der Waals surface area contributed by atoms with Crippen molar-refractivity contribution in [2.45, 2.75) is 45.9 Å². The van der Waals surface area contributed by atoms with Crippen LogP contribution in [0, 0.1) is 0 Å².